The third-order valence-electron chi connectivity index (χ3n) is 4.86. The Balaban J connectivity index is 0.00000326. The molecule has 2 heteroatoms. The van der Waals surface area contributed by atoms with Crippen LogP contribution in [-0.2, 0) is 4.74 Å². The van der Waals surface area contributed by atoms with Crippen molar-refractivity contribution in [3.8, 4) is 5.75 Å². The maximum atomic E-state index is 6.31. The van der Waals surface area contributed by atoms with E-state index in [2.05, 4.69) is 79.7 Å². The van der Waals surface area contributed by atoms with Gasteiger partial charge in [-0.15, -0.1) is 0 Å². The van der Waals surface area contributed by atoms with Gasteiger partial charge in [0, 0.05) is 6.42 Å². The molecule has 0 fully saturated rings. The first-order valence-electron chi connectivity index (χ1n) is 11.1. The fourth-order valence-electron chi connectivity index (χ4n) is 2.91. The van der Waals surface area contributed by atoms with Crippen molar-refractivity contribution >= 4 is 0 Å². The summed E-state index contributed by atoms with van der Waals surface area (Å²) in [5.74, 6) is 2.10. The quantitative estimate of drug-likeness (QED) is 0.382. The van der Waals surface area contributed by atoms with Crippen LogP contribution in [0, 0.1) is 11.3 Å². The molecule has 3 unspecified atom stereocenters. The second kappa shape index (κ2) is 13.2. The predicted octanol–water partition coefficient (Wildman–Crippen LogP) is 8.21. The van der Waals surface area contributed by atoms with Gasteiger partial charge in [-0.1, -0.05) is 87.8 Å². The molecule has 2 nitrogen and oxygen atoms in total. The lowest BCUT2D eigenvalue weighted by Gasteiger charge is -2.30. The molecule has 0 N–H and O–H groups in total. The van der Waals surface area contributed by atoms with E-state index in [0.717, 1.165) is 31.4 Å². The SMILES string of the molecule is CC.CCCC(CC)OC(CC(C)(C)C)Oc1ccc(C(C)C(C)C)cc1. The fourth-order valence-corrected chi connectivity index (χ4v) is 2.91. The maximum absolute atomic E-state index is 6.31. The Hall–Kier alpha value is -1.02. The van der Waals surface area contributed by atoms with Crippen molar-refractivity contribution in [3.05, 3.63) is 29.8 Å². The van der Waals surface area contributed by atoms with Crippen molar-refractivity contribution in [3.63, 3.8) is 0 Å². The minimum atomic E-state index is -0.190. The Labute approximate surface area is 170 Å². The molecule has 1 aromatic carbocycles. The lowest BCUT2D eigenvalue weighted by Crippen LogP contribution is -2.31. The monoisotopic (exact) mass is 378 g/mol. The zero-order valence-corrected chi connectivity index (χ0v) is 19.8. The molecule has 27 heavy (non-hydrogen) atoms. The molecule has 1 rings (SSSR count). The number of hydrogen-bond donors (Lipinski definition) is 0. The van der Waals surface area contributed by atoms with E-state index in [1.165, 1.54) is 5.56 Å². The van der Waals surface area contributed by atoms with Gasteiger partial charge in [-0.05, 0) is 47.8 Å². The Bertz CT molecular complexity index is 470. The third kappa shape index (κ3) is 10.8. The number of benzene rings is 1. The number of rotatable bonds is 10. The number of hydrogen-bond acceptors (Lipinski definition) is 2. The molecule has 0 radical (unpaired) electrons. The zero-order valence-electron chi connectivity index (χ0n) is 19.8. The van der Waals surface area contributed by atoms with Gasteiger partial charge in [-0.3, -0.25) is 0 Å². The molecule has 0 heterocycles. The summed E-state index contributed by atoms with van der Waals surface area (Å²) in [6.07, 6.45) is 4.23. The van der Waals surface area contributed by atoms with E-state index in [-0.39, 0.29) is 17.8 Å². The molecule has 0 saturated heterocycles. The molecule has 0 aliphatic carbocycles. The van der Waals surface area contributed by atoms with Crippen molar-refractivity contribution in [2.24, 2.45) is 11.3 Å². The molecular formula is C25H46O2. The second-order valence-electron chi connectivity index (χ2n) is 8.87. The average molecular weight is 379 g/mol. The Kier molecular flexibility index (Phi) is 12.7. The molecule has 3 atom stereocenters. The molecule has 0 aliphatic rings. The summed E-state index contributed by atoms with van der Waals surface area (Å²) in [6, 6.07) is 8.57. The summed E-state index contributed by atoms with van der Waals surface area (Å²) in [7, 11) is 0. The van der Waals surface area contributed by atoms with Gasteiger partial charge >= 0.3 is 0 Å². The highest BCUT2D eigenvalue weighted by atomic mass is 16.7. The minimum Gasteiger partial charge on any atom is -0.465 e. The van der Waals surface area contributed by atoms with Crippen LogP contribution in [0.1, 0.15) is 106 Å². The van der Waals surface area contributed by atoms with Gasteiger partial charge in [0.15, 0.2) is 0 Å². The lowest BCUT2D eigenvalue weighted by atomic mass is 9.90. The predicted molar refractivity (Wildman–Crippen MR) is 120 cm³/mol. The summed E-state index contributed by atoms with van der Waals surface area (Å²) in [6.45, 7) is 21.9. The molecular weight excluding hydrogens is 332 g/mol. The summed E-state index contributed by atoms with van der Waals surface area (Å²) in [5.41, 5.74) is 1.54. The van der Waals surface area contributed by atoms with Crippen molar-refractivity contribution < 1.29 is 9.47 Å². The molecule has 1 aromatic rings. The van der Waals surface area contributed by atoms with Gasteiger partial charge in [0.2, 0.25) is 6.29 Å². The average Bonchev–Trinajstić information content (AvgIpc) is 2.61. The summed E-state index contributed by atoms with van der Waals surface area (Å²) in [5, 5.41) is 0. The van der Waals surface area contributed by atoms with Crippen molar-refractivity contribution in [1.29, 1.82) is 0 Å². The lowest BCUT2D eigenvalue weighted by molar-refractivity contribution is -0.137. The molecule has 0 amide bonds. The minimum absolute atomic E-state index is 0.168. The summed E-state index contributed by atoms with van der Waals surface area (Å²) < 4.78 is 12.6. The molecule has 0 spiro atoms. The Morgan fingerprint density at radius 1 is 0.926 bits per heavy atom. The Morgan fingerprint density at radius 3 is 1.89 bits per heavy atom. The highest BCUT2D eigenvalue weighted by Gasteiger charge is 2.23. The topological polar surface area (TPSA) is 18.5 Å². The van der Waals surface area contributed by atoms with Crippen LogP contribution in [0.15, 0.2) is 24.3 Å². The molecule has 0 saturated carbocycles. The van der Waals surface area contributed by atoms with Crippen LogP contribution < -0.4 is 4.74 Å². The summed E-state index contributed by atoms with van der Waals surface area (Å²) in [4.78, 5) is 0. The largest absolute Gasteiger partial charge is 0.465 e. The summed E-state index contributed by atoms with van der Waals surface area (Å²) >= 11 is 0. The van der Waals surface area contributed by atoms with E-state index >= 15 is 0 Å². The van der Waals surface area contributed by atoms with Gasteiger partial charge in [-0.25, -0.2) is 0 Å². The van der Waals surface area contributed by atoms with Crippen LogP contribution in [0.25, 0.3) is 0 Å². The van der Waals surface area contributed by atoms with Crippen LogP contribution in [0.2, 0.25) is 0 Å². The van der Waals surface area contributed by atoms with Gasteiger partial charge in [0.25, 0.3) is 0 Å². The van der Waals surface area contributed by atoms with E-state index in [1.807, 2.05) is 13.8 Å². The smallest absolute Gasteiger partial charge is 0.200 e. The molecule has 158 valence electrons. The third-order valence-corrected chi connectivity index (χ3v) is 4.86. The standard InChI is InChI=1S/C23H40O2.C2H6/c1-9-11-20(10-2)24-22(16-23(6,7)8)25-21-14-12-19(13-15-21)18(5)17(3)4;1-2/h12-15,17-18,20,22H,9-11,16H2,1-8H3;1-2H3. The first kappa shape index (κ1) is 26.0. The first-order chi connectivity index (χ1) is 12.7. The van der Waals surface area contributed by atoms with Crippen LogP contribution in [0.3, 0.4) is 0 Å². The van der Waals surface area contributed by atoms with Crippen molar-refractivity contribution in [2.75, 3.05) is 0 Å². The van der Waals surface area contributed by atoms with E-state index in [0.29, 0.717) is 11.8 Å². The van der Waals surface area contributed by atoms with Crippen molar-refractivity contribution in [2.45, 2.75) is 113 Å². The maximum Gasteiger partial charge on any atom is 0.200 e. The van der Waals surface area contributed by atoms with E-state index < -0.39 is 0 Å². The molecule has 0 aliphatic heterocycles. The van der Waals surface area contributed by atoms with E-state index in [1.54, 1.807) is 0 Å². The van der Waals surface area contributed by atoms with E-state index in [9.17, 15) is 0 Å². The van der Waals surface area contributed by atoms with Gasteiger partial charge in [-0.2, -0.15) is 0 Å². The van der Waals surface area contributed by atoms with Crippen LogP contribution in [0.4, 0.5) is 0 Å². The first-order valence-corrected chi connectivity index (χ1v) is 11.1. The number of ether oxygens (including phenoxy) is 2. The zero-order chi connectivity index (χ0) is 21.0. The van der Waals surface area contributed by atoms with Gasteiger partial charge in [0.05, 0.1) is 6.10 Å². The normalized spacial score (nSPS) is 14.9. The van der Waals surface area contributed by atoms with Gasteiger partial charge < -0.3 is 9.47 Å². The highest BCUT2D eigenvalue weighted by molar-refractivity contribution is 5.29. The highest BCUT2D eigenvalue weighted by Crippen LogP contribution is 2.29. The van der Waals surface area contributed by atoms with Crippen LogP contribution in [0.5, 0.6) is 5.75 Å². The van der Waals surface area contributed by atoms with Crippen molar-refractivity contribution in [1.82, 2.24) is 0 Å². The fraction of sp³-hybridized carbons (Fsp3) is 0.760. The second-order valence-corrected chi connectivity index (χ2v) is 8.87. The molecule has 0 aromatic heterocycles. The van der Waals surface area contributed by atoms with Crippen LogP contribution in [-0.4, -0.2) is 12.4 Å². The van der Waals surface area contributed by atoms with Crippen LogP contribution >= 0.6 is 0 Å². The molecule has 0 bridgehead atoms. The van der Waals surface area contributed by atoms with Gasteiger partial charge in [0.1, 0.15) is 5.75 Å². The van der Waals surface area contributed by atoms with E-state index in [4.69, 9.17) is 9.47 Å². The Morgan fingerprint density at radius 2 is 1.48 bits per heavy atom.